The minimum absolute atomic E-state index is 0.171. The molecule has 1 aliphatic rings. The van der Waals surface area contributed by atoms with Gasteiger partial charge in [-0.1, -0.05) is 80.9 Å². The van der Waals surface area contributed by atoms with Crippen LogP contribution in [-0.4, -0.2) is 26.7 Å². The molecule has 2 aromatic heterocycles. The summed E-state index contributed by atoms with van der Waals surface area (Å²) in [6, 6.07) is 38.0. The molecule has 6 heteroatoms. The lowest BCUT2D eigenvalue weighted by molar-refractivity contribution is 0.289. The molecule has 0 amide bonds. The topological polar surface area (TPSA) is 69.8 Å². The van der Waals surface area contributed by atoms with E-state index in [0.29, 0.717) is 6.73 Å². The van der Waals surface area contributed by atoms with Crippen LogP contribution >= 0.6 is 0 Å². The summed E-state index contributed by atoms with van der Waals surface area (Å²) in [5.41, 5.74) is 12.7. The Morgan fingerprint density at radius 2 is 1.39 bits per heavy atom. The maximum absolute atomic E-state index is 5.88. The number of aromatic amines is 2. The fourth-order valence-corrected chi connectivity index (χ4v) is 5.95. The van der Waals surface area contributed by atoms with Crippen LogP contribution in [0.2, 0.25) is 0 Å². The Hall–Kier alpha value is -5.36. The molecular formula is C40H39N5O. The van der Waals surface area contributed by atoms with E-state index in [1.54, 1.807) is 0 Å². The largest absolute Gasteiger partial charge is 0.473 e. The van der Waals surface area contributed by atoms with Crippen molar-refractivity contribution < 1.29 is 4.74 Å². The van der Waals surface area contributed by atoms with Crippen LogP contribution in [0.3, 0.4) is 0 Å². The van der Waals surface area contributed by atoms with Gasteiger partial charge in [0.25, 0.3) is 0 Å². The molecule has 0 radical (unpaired) electrons. The zero-order chi connectivity index (χ0) is 31.8. The summed E-state index contributed by atoms with van der Waals surface area (Å²) in [5, 5.41) is 0. The van der Waals surface area contributed by atoms with Crippen LogP contribution < -0.4 is 9.64 Å². The highest BCUT2D eigenvalue weighted by Crippen LogP contribution is 2.33. The number of hydrogen-bond donors (Lipinski definition) is 2. The lowest BCUT2D eigenvalue weighted by atomic mass is 9.86. The van der Waals surface area contributed by atoms with Crippen LogP contribution in [0.25, 0.3) is 44.6 Å². The number of benzene rings is 5. The number of nitrogens with one attached hydrogen (secondary N) is 2. The quantitative estimate of drug-likeness (QED) is 0.210. The number of aromatic nitrogens is 4. The number of imidazole rings is 2. The summed E-state index contributed by atoms with van der Waals surface area (Å²) in [4.78, 5) is 18.2. The monoisotopic (exact) mass is 605 g/mol. The Morgan fingerprint density at radius 1 is 0.674 bits per heavy atom. The predicted octanol–water partition coefficient (Wildman–Crippen LogP) is 9.73. The second kappa shape index (κ2) is 11.9. The van der Waals surface area contributed by atoms with E-state index in [9.17, 15) is 0 Å². The smallest absolute Gasteiger partial charge is 0.161 e. The molecule has 6 nitrogen and oxygen atoms in total. The fourth-order valence-electron chi connectivity index (χ4n) is 5.95. The molecule has 0 spiro atoms. The third-order valence-corrected chi connectivity index (χ3v) is 8.49. The first-order valence-electron chi connectivity index (χ1n) is 15.8. The van der Waals surface area contributed by atoms with E-state index in [2.05, 4.69) is 151 Å². The third-order valence-electron chi connectivity index (χ3n) is 8.49. The number of para-hydroxylation sites is 1. The molecule has 46 heavy (non-hydrogen) atoms. The van der Waals surface area contributed by atoms with Crippen molar-refractivity contribution in [3.05, 3.63) is 132 Å². The first-order valence-corrected chi connectivity index (χ1v) is 15.8. The minimum atomic E-state index is 0.171. The van der Waals surface area contributed by atoms with Crippen molar-refractivity contribution in [1.82, 2.24) is 19.9 Å². The minimum Gasteiger partial charge on any atom is -0.473 e. The number of aryl methyl sites for hydroxylation is 2. The Kier molecular flexibility index (Phi) is 7.57. The SMILES string of the molecule is CC(C)(C)c1ccc2c(c1)CN(c1ccccc1)CO2.Cc1cccc(-c2nc3ccc(-c4ccc5nc(C)[nH]c5c4)cc3[nH]2)c1. The van der Waals surface area contributed by atoms with Gasteiger partial charge in [0.05, 0.1) is 22.1 Å². The van der Waals surface area contributed by atoms with Gasteiger partial charge >= 0.3 is 0 Å². The van der Waals surface area contributed by atoms with Crippen molar-refractivity contribution in [3.63, 3.8) is 0 Å². The zero-order valence-electron chi connectivity index (χ0n) is 27.1. The van der Waals surface area contributed by atoms with E-state index < -0.39 is 0 Å². The van der Waals surface area contributed by atoms with Crippen molar-refractivity contribution >= 4 is 27.8 Å². The van der Waals surface area contributed by atoms with Gasteiger partial charge in [0.2, 0.25) is 0 Å². The van der Waals surface area contributed by atoms with Gasteiger partial charge in [-0.05, 0) is 90.6 Å². The Balaban J connectivity index is 0.000000152. The van der Waals surface area contributed by atoms with E-state index in [4.69, 9.17) is 9.72 Å². The van der Waals surface area contributed by atoms with Crippen LogP contribution in [0.15, 0.2) is 109 Å². The van der Waals surface area contributed by atoms with Crippen molar-refractivity contribution in [2.45, 2.75) is 46.6 Å². The molecule has 7 aromatic rings. The number of H-pyrrole nitrogens is 2. The molecule has 2 N–H and O–H groups in total. The number of anilines is 1. The summed E-state index contributed by atoms with van der Waals surface area (Å²) < 4.78 is 5.88. The molecule has 230 valence electrons. The van der Waals surface area contributed by atoms with Crippen molar-refractivity contribution in [2.75, 3.05) is 11.6 Å². The van der Waals surface area contributed by atoms with Crippen LogP contribution in [0.4, 0.5) is 5.69 Å². The van der Waals surface area contributed by atoms with Crippen LogP contribution in [0.1, 0.15) is 43.3 Å². The molecule has 0 fully saturated rings. The molecule has 0 aliphatic carbocycles. The maximum Gasteiger partial charge on any atom is 0.161 e. The lowest BCUT2D eigenvalue weighted by Crippen LogP contribution is -2.32. The van der Waals surface area contributed by atoms with E-state index >= 15 is 0 Å². The van der Waals surface area contributed by atoms with Gasteiger partial charge in [0, 0.05) is 23.4 Å². The highest BCUT2D eigenvalue weighted by molar-refractivity contribution is 5.87. The third kappa shape index (κ3) is 6.11. The van der Waals surface area contributed by atoms with Gasteiger partial charge < -0.3 is 19.6 Å². The molecule has 0 unspecified atom stereocenters. The first kappa shape index (κ1) is 29.4. The van der Waals surface area contributed by atoms with E-state index in [-0.39, 0.29) is 5.41 Å². The van der Waals surface area contributed by atoms with Crippen LogP contribution in [-0.2, 0) is 12.0 Å². The highest BCUT2D eigenvalue weighted by atomic mass is 16.5. The van der Waals surface area contributed by atoms with E-state index in [0.717, 1.165) is 62.7 Å². The first-order chi connectivity index (χ1) is 22.2. The summed E-state index contributed by atoms with van der Waals surface area (Å²) in [6.45, 7) is 12.3. The molecule has 0 bridgehead atoms. The van der Waals surface area contributed by atoms with E-state index in [1.165, 1.54) is 22.4 Å². The fraction of sp³-hybridized carbons (Fsp3) is 0.200. The summed E-state index contributed by atoms with van der Waals surface area (Å²) >= 11 is 0. The standard InChI is InChI=1S/C22H18N4.C18H21NO/c1-13-4-3-5-17(10-13)22-25-19-9-7-16(12-21(19)26-22)15-6-8-18-20(11-15)24-14(2)23-18;1-18(2,3)15-9-10-17-14(11-15)12-19(13-20-17)16-7-5-4-6-8-16/h3-12H,1-2H3,(H,23,24)(H,25,26);4-11H,12-13H2,1-3H3. The van der Waals surface area contributed by atoms with Crippen molar-refractivity contribution in [3.8, 4) is 28.3 Å². The maximum atomic E-state index is 5.88. The predicted molar refractivity (Wildman–Crippen MR) is 189 cm³/mol. The van der Waals surface area contributed by atoms with E-state index in [1.807, 2.05) is 13.0 Å². The average molecular weight is 606 g/mol. The Bertz CT molecular complexity index is 2150. The highest BCUT2D eigenvalue weighted by Gasteiger charge is 2.21. The van der Waals surface area contributed by atoms with Crippen molar-refractivity contribution in [1.29, 1.82) is 0 Å². The summed E-state index contributed by atoms with van der Waals surface area (Å²) in [7, 11) is 0. The van der Waals surface area contributed by atoms with Gasteiger partial charge in [-0.25, -0.2) is 9.97 Å². The van der Waals surface area contributed by atoms with Crippen molar-refractivity contribution in [2.24, 2.45) is 0 Å². The number of fused-ring (bicyclic) bond motifs is 3. The molecule has 8 rings (SSSR count). The second-order valence-electron chi connectivity index (χ2n) is 13.1. The van der Waals surface area contributed by atoms with Crippen LogP contribution in [0, 0.1) is 13.8 Å². The number of rotatable bonds is 3. The molecule has 3 heterocycles. The van der Waals surface area contributed by atoms with Gasteiger partial charge in [-0.2, -0.15) is 0 Å². The number of ether oxygens (including phenoxy) is 1. The molecule has 1 aliphatic heterocycles. The zero-order valence-corrected chi connectivity index (χ0v) is 27.1. The summed E-state index contributed by atoms with van der Waals surface area (Å²) in [5.74, 6) is 2.86. The molecule has 5 aromatic carbocycles. The molecule has 0 saturated heterocycles. The van der Waals surface area contributed by atoms with Gasteiger partial charge in [-0.15, -0.1) is 0 Å². The van der Waals surface area contributed by atoms with Crippen LogP contribution in [0.5, 0.6) is 5.75 Å². The molecule has 0 atom stereocenters. The van der Waals surface area contributed by atoms with Gasteiger partial charge in [0.15, 0.2) is 6.73 Å². The Morgan fingerprint density at radius 3 is 2.11 bits per heavy atom. The molecule has 0 saturated carbocycles. The van der Waals surface area contributed by atoms with Gasteiger partial charge in [0.1, 0.15) is 17.4 Å². The Labute approximate surface area is 270 Å². The molecular weight excluding hydrogens is 566 g/mol. The van der Waals surface area contributed by atoms with Gasteiger partial charge in [-0.3, -0.25) is 0 Å². The second-order valence-corrected chi connectivity index (χ2v) is 13.1. The average Bonchev–Trinajstić information content (AvgIpc) is 3.66. The number of hydrogen-bond acceptors (Lipinski definition) is 4. The number of nitrogens with zero attached hydrogens (tertiary/aromatic N) is 3. The lowest BCUT2D eigenvalue weighted by Gasteiger charge is -2.32. The summed E-state index contributed by atoms with van der Waals surface area (Å²) in [6.07, 6.45) is 0. The normalized spacial score (nSPS) is 12.8.